The summed E-state index contributed by atoms with van der Waals surface area (Å²) in [5.74, 6) is 1.20. The number of benzene rings is 2. The molecule has 1 N–H and O–H groups in total. The maximum absolute atomic E-state index is 12.5. The van der Waals surface area contributed by atoms with Gasteiger partial charge in [-0.25, -0.2) is 0 Å². The monoisotopic (exact) mass is 338 g/mol. The van der Waals surface area contributed by atoms with Crippen molar-refractivity contribution in [2.24, 2.45) is 5.92 Å². The van der Waals surface area contributed by atoms with E-state index < -0.39 is 0 Å². The molecule has 0 aliphatic carbocycles. The summed E-state index contributed by atoms with van der Waals surface area (Å²) in [6.45, 7) is 4.36. The van der Waals surface area contributed by atoms with Gasteiger partial charge < -0.3 is 5.32 Å². The van der Waals surface area contributed by atoms with Gasteiger partial charge in [0.05, 0.1) is 11.8 Å². The Hall–Kier alpha value is -2.25. The molecule has 0 aliphatic heterocycles. The van der Waals surface area contributed by atoms with Crippen LogP contribution in [-0.2, 0) is 6.42 Å². The normalized spacial score (nSPS) is 10.4. The molecular weight excluding hydrogens is 316 g/mol. The van der Waals surface area contributed by atoms with Gasteiger partial charge in [-0.15, -0.1) is 11.8 Å². The number of para-hydroxylation sites is 1. The highest BCUT2D eigenvalue weighted by atomic mass is 32.2. The SMILES string of the molecule is CC(C)Cc1ccc(C(=O)Nc2ccccc2SCCC#N)cc1. The van der Waals surface area contributed by atoms with Crippen LogP contribution >= 0.6 is 11.8 Å². The van der Waals surface area contributed by atoms with Gasteiger partial charge in [0.25, 0.3) is 5.91 Å². The molecule has 0 aromatic heterocycles. The van der Waals surface area contributed by atoms with Crippen molar-refractivity contribution in [2.75, 3.05) is 11.1 Å². The van der Waals surface area contributed by atoms with Gasteiger partial charge in [0.1, 0.15) is 0 Å². The lowest BCUT2D eigenvalue weighted by Crippen LogP contribution is -2.12. The number of anilines is 1. The number of carbonyl (C=O) groups is 1. The van der Waals surface area contributed by atoms with E-state index in [2.05, 4.69) is 25.2 Å². The van der Waals surface area contributed by atoms with E-state index in [0.717, 1.165) is 17.0 Å². The standard InChI is InChI=1S/C20H22N2OS/c1-15(2)14-16-8-10-17(11-9-16)20(23)22-18-6-3-4-7-19(18)24-13-5-12-21/h3-4,6-11,15H,5,13-14H2,1-2H3,(H,22,23). The van der Waals surface area contributed by atoms with Crippen molar-refractivity contribution in [2.45, 2.75) is 31.6 Å². The fourth-order valence-corrected chi connectivity index (χ4v) is 3.22. The predicted molar refractivity (Wildman–Crippen MR) is 100 cm³/mol. The largest absolute Gasteiger partial charge is 0.321 e. The van der Waals surface area contributed by atoms with Gasteiger partial charge >= 0.3 is 0 Å². The van der Waals surface area contributed by atoms with Crippen LogP contribution in [0.3, 0.4) is 0 Å². The molecule has 0 unspecified atom stereocenters. The Morgan fingerprint density at radius 2 is 1.88 bits per heavy atom. The van der Waals surface area contributed by atoms with Gasteiger partial charge in [-0.1, -0.05) is 38.1 Å². The Morgan fingerprint density at radius 1 is 1.17 bits per heavy atom. The molecule has 0 saturated heterocycles. The number of nitrogens with one attached hydrogen (secondary N) is 1. The third kappa shape index (κ3) is 5.43. The predicted octanol–water partition coefficient (Wildman–Crippen LogP) is 5.14. The third-order valence-corrected chi connectivity index (χ3v) is 4.54. The zero-order valence-electron chi connectivity index (χ0n) is 14.1. The average Bonchev–Trinajstić information content (AvgIpc) is 2.56. The Labute approximate surface area is 148 Å². The van der Waals surface area contributed by atoms with Crippen molar-refractivity contribution in [3.05, 3.63) is 59.7 Å². The van der Waals surface area contributed by atoms with Crippen molar-refractivity contribution in [1.29, 1.82) is 5.26 Å². The molecule has 2 aromatic rings. The maximum Gasteiger partial charge on any atom is 0.255 e. The molecule has 3 nitrogen and oxygen atoms in total. The molecule has 0 aliphatic rings. The topological polar surface area (TPSA) is 52.9 Å². The second kappa shape index (κ2) is 9.14. The number of nitriles is 1. The van der Waals surface area contributed by atoms with Gasteiger partial charge in [0.15, 0.2) is 0 Å². The van der Waals surface area contributed by atoms with Crippen LogP contribution in [0.4, 0.5) is 5.69 Å². The smallest absolute Gasteiger partial charge is 0.255 e. The first kappa shape index (κ1) is 18.1. The van der Waals surface area contributed by atoms with Crippen LogP contribution in [0.15, 0.2) is 53.4 Å². The Balaban J connectivity index is 2.05. The molecule has 0 heterocycles. The highest BCUT2D eigenvalue weighted by Gasteiger charge is 2.09. The lowest BCUT2D eigenvalue weighted by molar-refractivity contribution is 0.102. The molecule has 0 radical (unpaired) electrons. The van der Waals surface area contributed by atoms with Crippen molar-refractivity contribution in [1.82, 2.24) is 0 Å². The summed E-state index contributed by atoms with van der Waals surface area (Å²) < 4.78 is 0. The molecule has 2 rings (SSSR count). The molecule has 0 bridgehead atoms. The zero-order valence-corrected chi connectivity index (χ0v) is 14.9. The minimum Gasteiger partial charge on any atom is -0.321 e. The summed E-state index contributed by atoms with van der Waals surface area (Å²) in [6, 6.07) is 17.6. The summed E-state index contributed by atoms with van der Waals surface area (Å²) >= 11 is 1.58. The van der Waals surface area contributed by atoms with E-state index >= 15 is 0 Å². The second-order valence-corrected chi connectivity index (χ2v) is 7.14. The summed E-state index contributed by atoms with van der Waals surface area (Å²) in [6.07, 6.45) is 1.50. The van der Waals surface area contributed by atoms with Gasteiger partial charge in [0.2, 0.25) is 0 Å². The van der Waals surface area contributed by atoms with Crippen molar-refractivity contribution < 1.29 is 4.79 Å². The van der Waals surface area contributed by atoms with Gasteiger partial charge in [0, 0.05) is 22.6 Å². The van der Waals surface area contributed by atoms with Crippen LogP contribution in [0.1, 0.15) is 36.2 Å². The van der Waals surface area contributed by atoms with E-state index in [-0.39, 0.29) is 5.91 Å². The maximum atomic E-state index is 12.5. The first-order valence-corrected chi connectivity index (χ1v) is 9.07. The molecule has 2 aromatic carbocycles. The lowest BCUT2D eigenvalue weighted by Gasteiger charge is -2.11. The van der Waals surface area contributed by atoms with Gasteiger partial charge in [-0.2, -0.15) is 5.26 Å². The Bertz CT molecular complexity index is 717. The number of hydrogen-bond acceptors (Lipinski definition) is 3. The first-order chi connectivity index (χ1) is 11.6. The second-order valence-electron chi connectivity index (χ2n) is 6.00. The number of carbonyl (C=O) groups excluding carboxylic acids is 1. The molecule has 0 atom stereocenters. The minimum atomic E-state index is -0.112. The summed E-state index contributed by atoms with van der Waals surface area (Å²) in [4.78, 5) is 13.4. The van der Waals surface area contributed by atoms with Crippen LogP contribution in [0.2, 0.25) is 0 Å². The van der Waals surface area contributed by atoms with Crippen LogP contribution in [0.5, 0.6) is 0 Å². The highest BCUT2D eigenvalue weighted by Crippen LogP contribution is 2.27. The van der Waals surface area contributed by atoms with Crippen molar-refractivity contribution in [3.8, 4) is 6.07 Å². The van der Waals surface area contributed by atoms with Gasteiger partial charge in [-0.05, 0) is 42.2 Å². The molecule has 24 heavy (non-hydrogen) atoms. The number of nitrogens with zero attached hydrogens (tertiary/aromatic N) is 1. The average molecular weight is 338 g/mol. The van der Waals surface area contributed by atoms with E-state index in [1.54, 1.807) is 11.8 Å². The van der Waals surface area contributed by atoms with E-state index in [4.69, 9.17) is 5.26 Å². The lowest BCUT2D eigenvalue weighted by atomic mass is 10.0. The minimum absolute atomic E-state index is 0.112. The van der Waals surface area contributed by atoms with E-state index in [1.165, 1.54) is 5.56 Å². The molecule has 0 saturated carbocycles. The van der Waals surface area contributed by atoms with E-state index in [0.29, 0.717) is 23.7 Å². The molecular formula is C20H22N2OS. The quantitative estimate of drug-likeness (QED) is 0.561. The fourth-order valence-electron chi connectivity index (χ4n) is 2.36. The van der Waals surface area contributed by atoms with Crippen molar-refractivity contribution in [3.63, 3.8) is 0 Å². The summed E-state index contributed by atoms with van der Waals surface area (Å²) in [7, 11) is 0. The first-order valence-electron chi connectivity index (χ1n) is 8.09. The summed E-state index contributed by atoms with van der Waals surface area (Å²) in [5, 5.41) is 11.6. The van der Waals surface area contributed by atoms with Crippen LogP contribution in [0, 0.1) is 17.2 Å². The van der Waals surface area contributed by atoms with Crippen molar-refractivity contribution >= 4 is 23.4 Å². The number of rotatable bonds is 7. The third-order valence-electron chi connectivity index (χ3n) is 3.47. The molecule has 124 valence electrons. The summed E-state index contributed by atoms with van der Waals surface area (Å²) in [5.41, 5.74) is 2.69. The van der Waals surface area contributed by atoms with Crippen LogP contribution < -0.4 is 5.32 Å². The van der Waals surface area contributed by atoms with Gasteiger partial charge in [-0.3, -0.25) is 4.79 Å². The fraction of sp³-hybridized carbons (Fsp3) is 0.300. The molecule has 0 fully saturated rings. The number of amides is 1. The molecule has 0 spiro atoms. The number of thioether (sulfide) groups is 1. The van der Waals surface area contributed by atoms with Crippen LogP contribution in [0.25, 0.3) is 0 Å². The molecule has 4 heteroatoms. The highest BCUT2D eigenvalue weighted by molar-refractivity contribution is 7.99. The number of hydrogen-bond donors (Lipinski definition) is 1. The Morgan fingerprint density at radius 3 is 2.54 bits per heavy atom. The van der Waals surface area contributed by atoms with E-state index in [1.807, 2.05) is 48.5 Å². The zero-order chi connectivity index (χ0) is 17.4. The molecule has 1 amide bonds. The Kier molecular flexibility index (Phi) is 6.89. The van der Waals surface area contributed by atoms with E-state index in [9.17, 15) is 4.79 Å². The van der Waals surface area contributed by atoms with Crippen LogP contribution in [-0.4, -0.2) is 11.7 Å².